The summed E-state index contributed by atoms with van der Waals surface area (Å²) >= 11 is 12.7. The Morgan fingerprint density at radius 1 is 0.909 bits per heavy atom. The number of hydrogen-bond acceptors (Lipinski definition) is 4. The van der Waals surface area contributed by atoms with Gasteiger partial charge in [-0.2, -0.15) is 13.2 Å². The molecule has 0 heterocycles. The van der Waals surface area contributed by atoms with E-state index in [0.29, 0.717) is 16.8 Å². The van der Waals surface area contributed by atoms with Gasteiger partial charge in [0.05, 0.1) is 21.2 Å². The molecular formula is C21H15Cl2F3N2O3S2. The molecule has 33 heavy (non-hydrogen) atoms. The van der Waals surface area contributed by atoms with Crippen LogP contribution in [-0.2, 0) is 21.0 Å². The summed E-state index contributed by atoms with van der Waals surface area (Å²) in [4.78, 5) is 12.8. The molecule has 0 aliphatic carbocycles. The van der Waals surface area contributed by atoms with Crippen molar-refractivity contribution >= 4 is 62.3 Å². The number of nitrogens with one attached hydrogen (secondary N) is 2. The SMILES string of the molecule is O=C(CSc1ccc(Cl)cc1)Nc1ccc(S(=O)(=O)Nc2ccc(Cl)c(C(F)(F)F)c2)cc1. The van der Waals surface area contributed by atoms with Crippen molar-refractivity contribution in [2.75, 3.05) is 15.8 Å². The van der Waals surface area contributed by atoms with E-state index in [2.05, 4.69) is 10.0 Å². The van der Waals surface area contributed by atoms with Crippen LogP contribution in [0, 0.1) is 0 Å². The van der Waals surface area contributed by atoms with Crippen molar-refractivity contribution < 1.29 is 26.4 Å². The molecule has 3 rings (SSSR count). The molecule has 0 aliphatic heterocycles. The average molecular weight is 535 g/mol. The van der Waals surface area contributed by atoms with E-state index in [9.17, 15) is 26.4 Å². The summed E-state index contributed by atoms with van der Waals surface area (Å²) in [6, 6.07) is 14.9. The number of thioether (sulfide) groups is 1. The number of carbonyl (C=O) groups is 1. The molecule has 0 saturated heterocycles. The average Bonchev–Trinajstić information content (AvgIpc) is 2.74. The lowest BCUT2D eigenvalue weighted by Gasteiger charge is -2.13. The van der Waals surface area contributed by atoms with Crippen molar-refractivity contribution in [3.05, 3.63) is 82.3 Å². The fourth-order valence-corrected chi connectivity index (χ4v) is 4.71. The molecule has 0 saturated carbocycles. The third-order valence-electron chi connectivity index (χ3n) is 4.16. The van der Waals surface area contributed by atoms with E-state index in [1.807, 2.05) is 0 Å². The first-order valence-electron chi connectivity index (χ1n) is 9.12. The summed E-state index contributed by atoms with van der Waals surface area (Å²) < 4.78 is 66.2. The second kappa shape index (κ2) is 10.3. The van der Waals surface area contributed by atoms with E-state index >= 15 is 0 Å². The van der Waals surface area contributed by atoms with E-state index in [1.54, 1.807) is 24.3 Å². The van der Waals surface area contributed by atoms with Crippen LogP contribution in [0.2, 0.25) is 10.0 Å². The summed E-state index contributed by atoms with van der Waals surface area (Å²) in [5, 5.41) is 2.69. The van der Waals surface area contributed by atoms with Gasteiger partial charge in [-0.25, -0.2) is 8.42 Å². The van der Waals surface area contributed by atoms with E-state index in [4.69, 9.17) is 23.2 Å². The predicted octanol–water partition coefficient (Wildman–Crippen LogP) is 6.54. The zero-order valence-electron chi connectivity index (χ0n) is 16.5. The number of alkyl halides is 3. The molecule has 0 unspecified atom stereocenters. The number of sulfonamides is 1. The topological polar surface area (TPSA) is 75.3 Å². The van der Waals surface area contributed by atoms with Crippen LogP contribution in [0.4, 0.5) is 24.5 Å². The molecule has 0 spiro atoms. The molecule has 0 aromatic heterocycles. The normalized spacial score (nSPS) is 11.8. The Hall–Kier alpha value is -2.40. The molecule has 0 fully saturated rings. The second-order valence-electron chi connectivity index (χ2n) is 6.61. The molecule has 174 valence electrons. The summed E-state index contributed by atoms with van der Waals surface area (Å²) in [5.74, 6) is -0.175. The van der Waals surface area contributed by atoms with E-state index in [0.717, 1.165) is 17.0 Å². The zero-order chi connectivity index (χ0) is 24.2. The molecule has 0 atom stereocenters. The fraction of sp³-hybridized carbons (Fsp3) is 0.0952. The summed E-state index contributed by atoms with van der Waals surface area (Å²) in [5.41, 5.74) is -1.08. The largest absolute Gasteiger partial charge is 0.417 e. The number of benzene rings is 3. The van der Waals surface area contributed by atoms with E-state index < -0.39 is 26.8 Å². The van der Waals surface area contributed by atoms with Gasteiger partial charge in [-0.15, -0.1) is 11.8 Å². The van der Waals surface area contributed by atoms with E-state index in [1.165, 1.54) is 36.0 Å². The van der Waals surface area contributed by atoms with Crippen molar-refractivity contribution in [2.24, 2.45) is 0 Å². The number of amides is 1. The Morgan fingerprint density at radius 2 is 1.52 bits per heavy atom. The van der Waals surface area contributed by atoms with Crippen LogP contribution in [0.15, 0.2) is 76.5 Å². The van der Waals surface area contributed by atoms with Gasteiger partial charge in [0.25, 0.3) is 10.0 Å². The Bertz CT molecular complexity index is 1250. The zero-order valence-corrected chi connectivity index (χ0v) is 19.6. The summed E-state index contributed by atoms with van der Waals surface area (Å²) in [6.07, 6.45) is -4.73. The molecule has 12 heteroatoms. The first-order valence-corrected chi connectivity index (χ1v) is 12.3. The minimum Gasteiger partial charge on any atom is -0.325 e. The highest BCUT2D eigenvalue weighted by Gasteiger charge is 2.33. The van der Waals surface area contributed by atoms with Gasteiger partial charge in [0, 0.05) is 21.3 Å². The first kappa shape index (κ1) is 25.2. The number of anilines is 2. The Kier molecular flexibility index (Phi) is 7.84. The lowest BCUT2D eigenvalue weighted by molar-refractivity contribution is -0.137. The van der Waals surface area contributed by atoms with Crippen LogP contribution >= 0.6 is 35.0 Å². The molecule has 3 aromatic rings. The first-order chi connectivity index (χ1) is 15.4. The molecule has 2 N–H and O–H groups in total. The van der Waals surface area contributed by atoms with Gasteiger partial charge in [-0.3, -0.25) is 9.52 Å². The van der Waals surface area contributed by atoms with Crippen molar-refractivity contribution in [1.82, 2.24) is 0 Å². The van der Waals surface area contributed by atoms with Crippen LogP contribution in [0.5, 0.6) is 0 Å². The van der Waals surface area contributed by atoms with Crippen LogP contribution in [0.3, 0.4) is 0 Å². The minimum atomic E-state index is -4.73. The van der Waals surface area contributed by atoms with Crippen LogP contribution in [-0.4, -0.2) is 20.1 Å². The highest BCUT2D eigenvalue weighted by Crippen LogP contribution is 2.36. The molecule has 0 radical (unpaired) electrons. The number of carbonyl (C=O) groups excluding carboxylic acids is 1. The monoisotopic (exact) mass is 534 g/mol. The molecule has 0 bridgehead atoms. The molecule has 5 nitrogen and oxygen atoms in total. The molecule has 1 amide bonds. The van der Waals surface area contributed by atoms with Crippen LogP contribution in [0.1, 0.15) is 5.56 Å². The lowest BCUT2D eigenvalue weighted by Crippen LogP contribution is -2.15. The Balaban J connectivity index is 1.64. The molecular weight excluding hydrogens is 520 g/mol. The second-order valence-corrected chi connectivity index (χ2v) is 10.2. The van der Waals surface area contributed by atoms with Gasteiger partial charge in [-0.05, 0) is 66.7 Å². The van der Waals surface area contributed by atoms with Gasteiger partial charge in [0.15, 0.2) is 0 Å². The standard InChI is InChI=1S/C21H15Cl2F3N2O3S2/c22-13-1-6-16(7-2-13)32-12-20(29)27-14-3-8-17(9-4-14)33(30,31)28-15-5-10-19(23)18(11-15)21(24,25)26/h1-11,28H,12H2,(H,27,29). The molecule has 0 aliphatic rings. The number of rotatable bonds is 7. The Labute approximate surface area is 202 Å². The molecule has 3 aromatic carbocycles. The van der Waals surface area contributed by atoms with Gasteiger partial charge >= 0.3 is 6.18 Å². The third kappa shape index (κ3) is 7.04. The maximum Gasteiger partial charge on any atom is 0.417 e. The van der Waals surface area contributed by atoms with Crippen LogP contribution in [0.25, 0.3) is 0 Å². The lowest BCUT2D eigenvalue weighted by atomic mass is 10.2. The van der Waals surface area contributed by atoms with Crippen molar-refractivity contribution in [3.8, 4) is 0 Å². The highest BCUT2D eigenvalue weighted by atomic mass is 35.5. The van der Waals surface area contributed by atoms with Crippen molar-refractivity contribution in [1.29, 1.82) is 0 Å². The van der Waals surface area contributed by atoms with Crippen molar-refractivity contribution in [3.63, 3.8) is 0 Å². The predicted molar refractivity (Wildman–Crippen MR) is 125 cm³/mol. The number of halogens is 5. The van der Waals surface area contributed by atoms with Crippen LogP contribution < -0.4 is 10.0 Å². The van der Waals surface area contributed by atoms with Gasteiger partial charge in [0.1, 0.15) is 0 Å². The third-order valence-corrected chi connectivity index (χ3v) is 7.15. The maximum atomic E-state index is 13.0. The highest BCUT2D eigenvalue weighted by molar-refractivity contribution is 8.00. The summed E-state index contributed by atoms with van der Waals surface area (Å²) in [7, 11) is -4.17. The van der Waals surface area contributed by atoms with E-state index in [-0.39, 0.29) is 22.2 Å². The quantitative estimate of drug-likeness (QED) is 0.337. The maximum absolute atomic E-state index is 13.0. The number of hydrogen-bond donors (Lipinski definition) is 2. The van der Waals surface area contributed by atoms with Gasteiger partial charge in [0.2, 0.25) is 5.91 Å². The van der Waals surface area contributed by atoms with Crippen molar-refractivity contribution in [2.45, 2.75) is 16.0 Å². The fourth-order valence-electron chi connectivity index (χ4n) is 2.61. The smallest absolute Gasteiger partial charge is 0.325 e. The van der Waals surface area contributed by atoms with Gasteiger partial charge < -0.3 is 5.32 Å². The Morgan fingerprint density at radius 3 is 2.12 bits per heavy atom. The minimum absolute atomic E-state index is 0.126. The van der Waals surface area contributed by atoms with Gasteiger partial charge in [-0.1, -0.05) is 23.2 Å². The summed E-state index contributed by atoms with van der Waals surface area (Å²) in [6.45, 7) is 0.